The van der Waals surface area contributed by atoms with Gasteiger partial charge in [-0.05, 0) is 25.0 Å². The van der Waals surface area contributed by atoms with Gasteiger partial charge in [-0.2, -0.15) is 0 Å². The Morgan fingerprint density at radius 3 is 2.67 bits per heavy atom. The number of aromatic carboxylic acids is 1. The van der Waals surface area contributed by atoms with Crippen molar-refractivity contribution in [1.29, 1.82) is 0 Å². The van der Waals surface area contributed by atoms with E-state index >= 15 is 0 Å². The number of carbonyl (C=O) groups is 1. The lowest BCUT2D eigenvalue weighted by atomic mass is 10.1. The number of fused-ring (bicyclic) bond motifs is 1. The lowest BCUT2D eigenvalue weighted by Crippen LogP contribution is -2.09. The van der Waals surface area contributed by atoms with Gasteiger partial charge in [-0.15, -0.1) is 11.3 Å². The fraction of sp³-hybridized carbons (Fsp3) is 0.133. The van der Waals surface area contributed by atoms with Gasteiger partial charge in [0.2, 0.25) is 0 Å². The zero-order valence-corrected chi connectivity index (χ0v) is 12.2. The van der Waals surface area contributed by atoms with Crippen LogP contribution in [-0.4, -0.2) is 21.0 Å². The van der Waals surface area contributed by atoms with Crippen LogP contribution in [0.15, 0.2) is 29.1 Å². The minimum Gasteiger partial charge on any atom is -0.477 e. The van der Waals surface area contributed by atoms with Crippen LogP contribution < -0.4 is 5.56 Å². The van der Waals surface area contributed by atoms with Crippen molar-refractivity contribution in [3.8, 4) is 11.4 Å². The zero-order chi connectivity index (χ0) is 15.1. The molecule has 2 aromatic heterocycles. The van der Waals surface area contributed by atoms with Crippen molar-refractivity contribution in [2.24, 2.45) is 0 Å². The third kappa shape index (κ3) is 2.13. The molecular formula is C15H12N2O3S. The van der Waals surface area contributed by atoms with E-state index in [1.807, 2.05) is 31.2 Å². The summed E-state index contributed by atoms with van der Waals surface area (Å²) >= 11 is 1.03. The van der Waals surface area contributed by atoms with E-state index in [0.29, 0.717) is 21.6 Å². The molecule has 0 saturated carbocycles. The van der Waals surface area contributed by atoms with Crippen molar-refractivity contribution in [3.05, 3.63) is 50.6 Å². The zero-order valence-electron chi connectivity index (χ0n) is 11.4. The number of benzene rings is 1. The molecule has 106 valence electrons. The first-order chi connectivity index (χ1) is 9.99. The van der Waals surface area contributed by atoms with Crippen molar-refractivity contribution < 1.29 is 9.90 Å². The number of H-pyrrole nitrogens is 1. The molecule has 6 heteroatoms. The van der Waals surface area contributed by atoms with Gasteiger partial charge in [-0.3, -0.25) is 4.79 Å². The van der Waals surface area contributed by atoms with Crippen LogP contribution in [0.4, 0.5) is 0 Å². The maximum atomic E-state index is 12.3. The van der Waals surface area contributed by atoms with Gasteiger partial charge >= 0.3 is 5.97 Å². The molecule has 0 amide bonds. The summed E-state index contributed by atoms with van der Waals surface area (Å²) < 4.78 is 0. The average molecular weight is 300 g/mol. The minimum absolute atomic E-state index is 0.157. The lowest BCUT2D eigenvalue weighted by molar-refractivity contribution is 0.0701. The first-order valence-electron chi connectivity index (χ1n) is 6.31. The summed E-state index contributed by atoms with van der Waals surface area (Å²) in [6, 6.07) is 7.59. The molecule has 2 heterocycles. The molecule has 0 aliphatic rings. The van der Waals surface area contributed by atoms with Gasteiger partial charge in [0, 0.05) is 5.56 Å². The Balaban J connectivity index is 2.32. The number of aromatic nitrogens is 2. The van der Waals surface area contributed by atoms with Crippen molar-refractivity contribution in [2.45, 2.75) is 13.8 Å². The molecule has 0 fully saturated rings. The number of aryl methyl sites for hydroxylation is 2. The standard InChI is InChI=1S/C15H12N2O3S/c1-7-5-3-4-6-9(7)12-16-13(18)10-8(2)11(15(19)20)21-14(10)17-12/h3-6H,1-2H3,(H,19,20)(H,16,17,18). The summed E-state index contributed by atoms with van der Waals surface area (Å²) in [6.45, 7) is 3.56. The molecule has 3 rings (SSSR count). The maximum Gasteiger partial charge on any atom is 0.346 e. The molecule has 0 saturated heterocycles. The third-order valence-corrected chi connectivity index (χ3v) is 4.57. The van der Waals surface area contributed by atoms with Gasteiger partial charge in [0.1, 0.15) is 15.5 Å². The summed E-state index contributed by atoms with van der Waals surface area (Å²) in [6.07, 6.45) is 0. The van der Waals surface area contributed by atoms with Gasteiger partial charge in [0.05, 0.1) is 5.39 Å². The second kappa shape index (κ2) is 4.82. The SMILES string of the molecule is Cc1ccccc1-c1nc2sc(C(=O)O)c(C)c2c(=O)[nH]1. The minimum atomic E-state index is -1.03. The molecule has 0 atom stereocenters. The summed E-state index contributed by atoms with van der Waals surface area (Å²) in [5.74, 6) is -0.573. The van der Waals surface area contributed by atoms with Gasteiger partial charge < -0.3 is 10.1 Å². The highest BCUT2D eigenvalue weighted by Crippen LogP contribution is 2.28. The monoisotopic (exact) mass is 300 g/mol. The van der Waals surface area contributed by atoms with Gasteiger partial charge in [0.15, 0.2) is 0 Å². The van der Waals surface area contributed by atoms with E-state index in [2.05, 4.69) is 9.97 Å². The number of rotatable bonds is 2. The molecule has 2 N–H and O–H groups in total. The van der Waals surface area contributed by atoms with Crippen LogP contribution in [0.5, 0.6) is 0 Å². The van der Waals surface area contributed by atoms with E-state index < -0.39 is 5.97 Å². The Bertz CT molecular complexity index is 924. The summed E-state index contributed by atoms with van der Waals surface area (Å²) in [5.41, 5.74) is 1.98. The molecular weight excluding hydrogens is 288 g/mol. The first-order valence-corrected chi connectivity index (χ1v) is 7.13. The number of aromatic amines is 1. The molecule has 0 aliphatic carbocycles. The second-order valence-corrected chi connectivity index (χ2v) is 5.77. The summed E-state index contributed by atoms with van der Waals surface area (Å²) in [5, 5.41) is 9.51. The van der Waals surface area contributed by atoms with Crippen LogP contribution in [-0.2, 0) is 0 Å². The quantitative estimate of drug-likeness (QED) is 0.762. The molecule has 0 bridgehead atoms. The van der Waals surface area contributed by atoms with Crippen LogP contribution >= 0.6 is 11.3 Å². The highest BCUT2D eigenvalue weighted by molar-refractivity contribution is 7.20. The number of nitrogens with one attached hydrogen (secondary N) is 1. The van der Waals surface area contributed by atoms with E-state index in [1.165, 1.54) is 0 Å². The van der Waals surface area contributed by atoms with Crippen LogP contribution in [0.3, 0.4) is 0 Å². The van der Waals surface area contributed by atoms with Crippen LogP contribution in [0.2, 0.25) is 0 Å². The molecule has 0 spiro atoms. The van der Waals surface area contributed by atoms with Crippen LogP contribution in [0.25, 0.3) is 21.6 Å². The smallest absolute Gasteiger partial charge is 0.346 e. The number of carboxylic acid groups (broad SMARTS) is 1. The molecule has 0 aliphatic heterocycles. The second-order valence-electron chi connectivity index (χ2n) is 4.77. The number of nitrogens with zero attached hydrogens (tertiary/aromatic N) is 1. The predicted octanol–water partition coefficient (Wildman–Crippen LogP) is 2.97. The summed E-state index contributed by atoms with van der Waals surface area (Å²) in [7, 11) is 0. The van der Waals surface area contributed by atoms with Crippen molar-refractivity contribution in [1.82, 2.24) is 9.97 Å². The van der Waals surface area contributed by atoms with Crippen LogP contribution in [0, 0.1) is 13.8 Å². The molecule has 0 unspecified atom stereocenters. The van der Waals surface area contributed by atoms with Crippen molar-refractivity contribution in [2.75, 3.05) is 0 Å². The van der Waals surface area contributed by atoms with E-state index in [4.69, 9.17) is 5.11 Å². The number of hydrogen-bond acceptors (Lipinski definition) is 4. The fourth-order valence-electron chi connectivity index (χ4n) is 2.31. The molecule has 21 heavy (non-hydrogen) atoms. The number of thiophene rings is 1. The van der Waals surface area contributed by atoms with E-state index in [1.54, 1.807) is 6.92 Å². The number of hydrogen-bond donors (Lipinski definition) is 2. The van der Waals surface area contributed by atoms with E-state index in [0.717, 1.165) is 22.5 Å². The Labute approximate surface area is 123 Å². The largest absolute Gasteiger partial charge is 0.477 e. The summed E-state index contributed by atoms with van der Waals surface area (Å²) in [4.78, 5) is 31.2. The van der Waals surface area contributed by atoms with Crippen LogP contribution in [0.1, 0.15) is 20.8 Å². The molecule has 3 aromatic rings. The van der Waals surface area contributed by atoms with E-state index in [-0.39, 0.29) is 10.4 Å². The third-order valence-electron chi connectivity index (χ3n) is 3.39. The van der Waals surface area contributed by atoms with Gasteiger partial charge in [-0.1, -0.05) is 24.3 Å². The molecule has 5 nitrogen and oxygen atoms in total. The maximum absolute atomic E-state index is 12.3. The fourth-order valence-corrected chi connectivity index (χ4v) is 3.33. The topological polar surface area (TPSA) is 83.0 Å². The Morgan fingerprint density at radius 1 is 1.29 bits per heavy atom. The average Bonchev–Trinajstić information content (AvgIpc) is 2.77. The van der Waals surface area contributed by atoms with Crippen molar-refractivity contribution in [3.63, 3.8) is 0 Å². The first kappa shape index (κ1) is 13.5. The van der Waals surface area contributed by atoms with Crippen molar-refractivity contribution >= 4 is 27.5 Å². The molecule has 0 radical (unpaired) electrons. The van der Waals surface area contributed by atoms with Gasteiger partial charge in [-0.25, -0.2) is 9.78 Å². The Kier molecular flexibility index (Phi) is 3.10. The van der Waals surface area contributed by atoms with Gasteiger partial charge in [0.25, 0.3) is 5.56 Å². The molecule has 1 aromatic carbocycles. The Morgan fingerprint density at radius 2 is 2.00 bits per heavy atom. The Hall–Kier alpha value is -2.47. The highest BCUT2D eigenvalue weighted by atomic mass is 32.1. The van der Waals surface area contributed by atoms with E-state index in [9.17, 15) is 9.59 Å². The lowest BCUT2D eigenvalue weighted by Gasteiger charge is -2.04. The predicted molar refractivity (Wildman–Crippen MR) is 82.1 cm³/mol. The number of carboxylic acids is 1. The highest BCUT2D eigenvalue weighted by Gasteiger charge is 2.19. The normalized spacial score (nSPS) is 11.0.